The van der Waals surface area contributed by atoms with Crippen LogP contribution in [0.15, 0.2) is 41.1 Å². The van der Waals surface area contributed by atoms with Crippen molar-refractivity contribution in [3.8, 4) is 0 Å². The Morgan fingerprint density at radius 2 is 2.07 bits per heavy atom. The fourth-order valence-electron chi connectivity index (χ4n) is 1.60. The van der Waals surface area contributed by atoms with E-state index in [1.54, 1.807) is 6.20 Å². The molecule has 0 aliphatic carbocycles. The highest BCUT2D eigenvalue weighted by Crippen LogP contribution is 2.25. The van der Waals surface area contributed by atoms with Gasteiger partial charge < -0.3 is 4.52 Å². The van der Waals surface area contributed by atoms with E-state index in [0.717, 1.165) is 11.0 Å². The van der Waals surface area contributed by atoms with Gasteiger partial charge in [-0.25, -0.2) is 0 Å². The van der Waals surface area contributed by atoms with Crippen molar-refractivity contribution < 1.29 is 4.52 Å². The number of hydrogen-bond donors (Lipinski definition) is 0. The van der Waals surface area contributed by atoms with Crippen LogP contribution in [0, 0.1) is 3.57 Å². The predicted octanol–water partition coefficient (Wildman–Crippen LogP) is 3.59. The first-order valence-corrected chi connectivity index (χ1v) is 5.35. The Bertz CT molecular complexity index is 615. The normalized spacial score (nSPS) is 11.2. The second-order valence-electron chi connectivity index (χ2n) is 3.18. The molecule has 1 aromatic heterocycles. The van der Waals surface area contributed by atoms with Gasteiger partial charge in [0.2, 0.25) is 0 Å². The zero-order chi connectivity index (χ0) is 9.54. The molecule has 14 heavy (non-hydrogen) atoms. The molecule has 0 bridgehead atoms. The van der Waals surface area contributed by atoms with E-state index in [1.807, 2.05) is 12.1 Å². The van der Waals surface area contributed by atoms with Crippen LogP contribution in [0.4, 0.5) is 0 Å². The van der Waals surface area contributed by atoms with Gasteiger partial charge >= 0.3 is 0 Å². The minimum Gasteiger partial charge on any atom is -0.356 e. The molecule has 0 saturated carbocycles. The highest BCUT2D eigenvalue weighted by Gasteiger charge is 2.03. The Kier molecular flexibility index (Phi) is 1.73. The van der Waals surface area contributed by atoms with Gasteiger partial charge in [0.05, 0.1) is 6.20 Å². The number of hydrogen-bond acceptors (Lipinski definition) is 2. The molecule has 0 atom stereocenters. The maximum absolute atomic E-state index is 5.11. The van der Waals surface area contributed by atoms with Crippen molar-refractivity contribution in [3.63, 3.8) is 0 Å². The Morgan fingerprint density at radius 1 is 1.14 bits per heavy atom. The summed E-state index contributed by atoms with van der Waals surface area (Å²) in [6, 6.07) is 10.4. The average Bonchev–Trinajstić information content (AvgIpc) is 2.62. The standard InChI is InChI=1S/C11H6INO/c12-10-3-1-2-7-5-11-8(4-9(7)10)6-13-14-11/h1-6H. The lowest BCUT2D eigenvalue weighted by Gasteiger charge is -1.99. The maximum Gasteiger partial charge on any atom is 0.167 e. The van der Waals surface area contributed by atoms with E-state index < -0.39 is 0 Å². The first kappa shape index (κ1) is 8.23. The molecule has 3 aromatic rings. The molecular weight excluding hydrogens is 289 g/mol. The third kappa shape index (κ3) is 1.12. The number of aromatic nitrogens is 1. The summed E-state index contributed by atoms with van der Waals surface area (Å²) in [5.74, 6) is 0. The topological polar surface area (TPSA) is 26.0 Å². The molecule has 1 heterocycles. The summed E-state index contributed by atoms with van der Waals surface area (Å²) < 4.78 is 6.37. The number of benzene rings is 2. The summed E-state index contributed by atoms with van der Waals surface area (Å²) in [5, 5.41) is 7.28. The van der Waals surface area contributed by atoms with Gasteiger partial charge in [0.15, 0.2) is 5.58 Å². The van der Waals surface area contributed by atoms with Crippen molar-refractivity contribution in [2.75, 3.05) is 0 Å². The average molecular weight is 295 g/mol. The second kappa shape index (κ2) is 2.95. The van der Waals surface area contributed by atoms with Gasteiger partial charge in [-0.1, -0.05) is 17.3 Å². The molecule has 0 aliphatic rings. The van der Waals surface area contributed by atoms with E-state index >= 15 is 0 Å². The summed E-state index contributed by atoms with van der Waals surface area (Å²) in [4.78, 5) is 0. The van der Waals surface area contributed by atoms with Gasteiger partial charge in [-0.3, -0.25) is 0 Å². The molecule has 0 radical (unpaired) electrons. The molecule has 68 valence electrons. The van der Waals surface area contributed by atoms with Gasteiger partial charge in [-0.2, -0.15) is 0 Å². The largest absolute Gasteiger partial charge is 0.356 e. The summed E-state index contributed by atoms with van der Waals surface area (Å²) in [7, 11) is 0. The van der Waals surface area contributed by atoms with Crippen molar-refractivity contribution in [1.82, 2.24) is 5.16 Å². The monoisotopic (exact) mass is 295 g/mol. The van der Waals surface area contributed by atoms with Crippen LogP contribution in [-0.4, -0.2) is 5.16 Å². The number of halogens is 1. The molecule has 0 aliphatic heterocycles. The van der Waals surface area contributed by atoms with Crippen molar-refractivity contribution in [2.24, 2.45) is 0 Å². The van der Waals surface area contributed by atoms with Gasteiger partial charge in [0.1, 0.15) is 0 Å². The molecule has 3 rings (SSSR count). The maximum atomic E-state index is 5.11. The first-order valence-electron chi connectivity index (χ1n) is 4.27. The Labute approximate surface area is 94.0 Å². The summed E-state index contributed by atoms with van der Waals surface area (Å²) in [6.07, 6.45) is 1.75. The minimum absolute atomic E-state index is 0.847. The molecule has 2 nitrogen and oxygen atoms in total. The summed E-state index contributed by atoms with van der Waals surface area (Å²) in [5.41, 5.74) is 0.847. The molecule has 0 fully saturated rings. The van der Waals surface area contributed by atoms with Gasteiger partial charge in [-0.05, 0) is 51.6 Å². The lowest BCUT2D eigenvalue weighted by atomic mass is 10.1. The SMILES string of the molecule is Ic1cccc2cc3oncc3cc12. The van der Waals surface area contributed by atoms with Crippen LogP contribution in [0.5, 0.6) is 0 Å². The first-order chi connectivity index (χ1) is 6.84. The molecule has 3 heteroatoms. The second-order valence-corrected chi connectivity index (χ2v) is 4.34. The Hall–Kier alpha value is -1.10. The molecule has 0 N–H and O–H groups in total. The minimum atomic E-state index is 0.847. The number of rotatable bonds is 0. The van der Waals surface area contributed by atoms with E-state index in [1.165, 1.54) is 14.3 Å². The fraction of sp³-hybridized carbons (Fsp3) is 0. The predicted molar refractivity (Wildman–Crippen MR) is 64.2 cm³/mol. The molecular formula is C11H6INO. The molecule has 0 amide bonds. The van der Waals surface area contributed by atoms with E-state index in [0.29, 0.717) is 0 Å². The van der Waals surface area contributed by atoms with Crippen LogP contribution in [0.3, 0.4) is 0 Å². The third-order valence-corrected chi connectivity index (χ3v) is 3.24. The van der Waals surface area contributed by atoms with Crippen molar-refractivity contribution in [1.29, 1.82) is 0 Å². The van der Waals surface area contributed by atoms with Crippen LogP contribution in [0.1, 0.15) is 0 Å². The van der Waals surface area contributed by atoms with Crippen molar-refractivity contribution >= 4 is 44.3 Å². The number of fused-ring (bicyclic) bond motifs is 2. The smallest absolute Gasteiger partial charge is 0.167 e. The van der Waals surface area contributed by atoms with Crippen molar-refractivity contribution in [3.05, 3.63) is 40.1 Å². The third-order valence-electron chi connectivity index (χ3n) is 2.30. The fourth-order valence-corrected chi connectivity index (χ4v) is 2.28. The zero-order valence-electron chi connectivity index (χ0n) is 7.20. The van der Waals surface area contributed by atoms with E-state index in [4.69, 9.17) is 4.52 Å². The van der Waals surface area contributed by atoms with Gasteiger partial charge in [0.25, 0.3) is 0 Å². The quantitative estimate of drug-likeness (QED) is 0.592. The molecule has 0 spiro atoms. The summed E-state index contributed by atoms with van der Waals surface area (Å²) in [6.45, 7) is 0. The Morgan fingerprint density at radius 3 is 3.00 bits per heavy atom. The van der Waals surface area contributed by atoms with E-state index in [-0.39, 0.29) is 0 Å². The van der Waals surface area contributed by atoms with Crippen molar-refractivity contribution in [2.45, 2.75) is 0 Å². The van der Waals surface area contributed by atoms with E-state index in [2.05, 4.69) is 45.9 Å². The lowest BCUT2D eigenvalue weighted by Crippen LogP contribution is -1.76. The molecule has 0 unspecified atom stereocenters. The zero-order valence-corrected chi connectivity index (χ0v) is 9.36. The lowest BCUT2D eigenvalue weighted by molar-refractivity contribution is 0.456. The highest BCUT2D eigenvalue weighted by atomic mass is 127. The molecule has 0 saturated heterocycles. The highest BCUT2D eigenvalue weighted by molar-refractivity contribution is 14.1. The van der Waals surface area contributed by atoms with Crippen LogP contribution < -0.4 is 0 Å². The van der Waals surface area contributed by atoms with Crippen LogP contribution in [-0.2, 0) is 0 Å². The van der Waals surface area contributed by atoms with Gasteiger partial charge in [-0.15, -0.1) is 0 Å². The van der Waals surface area contributed by atoms with Crippen LogP contribution in [0.25, 0.3) is 21.7 Å². The number of nitrogens with zero attached hydrogens (tertiary/aromatic N) is 1. The van der Waals surface area contributed by atoms with Crippen LogP contribution >= 0.6 is 22.6 Å². The molecule has 2 aromatic carbocycles. The van der Waals surface area contributed by atoms with Crippen LogP contribution in [0.2, 0.25) is 0 Å². The Balaban J connectivity index is 2.57. The van der Waals surface area contributed by atoms with Gasteiger partial charge in [0, 0.05) is 8.96 Å². The summed E-state index contributed by atoms with van der Waals surface area (Å²) >= 11 is 2.34. The van der Waals surface area contributed by atoms with E-state index in [9.17, 15) is 0 Å².